The van der Waals surface area contributed by atoms with Gasteiger partial charge in [0, 0.05) is 57.2 Å². The number of nitrogens with zero attached hydrogens (tertiary/aromatic N) is 5. The maximum atomic E-state index is 12.4. The molecule has 0 aliphatic carbocycles. The topological polar surface area (TPSA) is 67.5 Å². The molecule has 1 aromatic heterocycles. The number of hydrogen-bond donors (Lipinski definition) is 1. The third kappa shape index (κ3) is 5.65. The molecule has 3 heterocycles. The van der Waals surface area contributed by atoms with Crippen LogP contribution in [0.4, 0.5) is 0 Å². The van der Waals surface area contributed by atoms with Crippen molar-refractivity contribution in [3.8, 4) is 0 Å². The summed E-state index contributed by atoms with van der Waals surface area (Å²) in [6.07, 6.45) is 4.02. The summed E-state index contributed by atoms with van der Waals surface area (Å²) in [6.45, 7) is 8.96. The number of aryl methyl sites for hydroxylation is 2. The van der Waals surface area contributed by atoms with Gasteiger partial charge in [-0.05, 0) is 25.2 Å². The van der Waals surface area contributed by atoms with Gasteiger partial charge in [0.1, 0.15) is 5.82 Å². The fourth-order valence-electron chi connectivity index (χ4n) is 3.63. The van der Waals surface area contributed by atoms with E-state index >= 15 is 0 Å². The number of fused-ring (bicyclic) bond motifs is 1. The van der Waals surface area contributed by atoms with Crippen LogP contribution in [0.15, 0.2) is 9.79 Å². The molecule has 3 rings (SSSR count). The second-order valence-electron chi connectivity index (χ2n) is 7.46. The summed E-state index contributed by atoms with van der Waals surface area (Å²) < 4.78 is 3.48. The summed E-state index contributed by atoms with van der Waals surface area (Å²) in [5, 5.41) is 8.63. The minimum atomic E-state index is 0. The van der Waals surface area contributed by atoms with Crippen LogP contribution in [0, 0.1) is 5.92 Å². The molecule has 1 aromatic rings. The molecule has 0 amide bonds. The molecule has 2 aliphatic rings. The van der Waals surface area contributed by atoms with Crippen LogP contribution in [0.1, 0.15) is 38.9 Å². The van der Waals surface area contributed by atoms with E-state index in [1.165, 1.54) is 0 Å². The molecule has 1 fully saturated rings. The van der Waals surface area contributed by atoms with E-state index in [2.05, 4.69) is 45.9 Å². The van der Waals surface area contributed by atoms with Crippen molar-refractivity contribution in [3.63, 3.8) is 0 Å². The summed E-state index contributed by atoms with van der Waals surface area (Å²) in [6, 6.07) is 0. The van der Waals surface area contributed by atoms with Crippen molar-refractivity contribution in [2.24, 2.45) is 10.9 Å². The van der Waals surface area contributed by atoms with Crippen molar-refractivity contribution < 1.29 is 0 Å². The Hall–Kier alpha value is -0.710. The third-order valence-corrected chi connectivity index (χ3v) is 6.75. The molecule has 0 radical (unpaired) electrons. The highest BCUT2D eigenvalue weighted by Crippen LogP contribution is 2.24. The van der Waals surface area contributed by atoms with E-state index in [9.17, 15) is 4.79 Å². The molecule has 27 heavy (non-hydrogen) atoms. The Morgan fingerprint density at radius 2 is 2.19 bits per heavy atom. The summed E-state index contributed by atoms with van der Waals surface area (Å²) in [5.41, 5.74) is 0.0527. The van der Waals surface area contributed by atoms with Crippen molar-refractivity contribution in [2.75, 3.05) is 32.4 Å². The van der Waals surface area contributed by atoms with E-state index in [1.54, 1.807) is 4.68 Å². The van der Waals surface area contributed by atoms with Crippen molar-refractivity contribution >= 4 is 41.7 Å². The molecule has 0 saturated carbocycles. The van der Waals surface area contributed by atoms with E-state index in [0.717, 1.165) is 69.4 Å². The molecule has 1 N–H and O–H groups in total. The number of aromatic nitrogens is 3. The Morgan fingerprint density at radius 3 is 2.89 bits per heavy atom. The van der Waals surface area contributed by atoms with Crippen molar-refractivity contribution in [1.29, 1.82) is 0 Å². The number of halogens is 1. The van der Waals surface area contributed by atoms with E-state index in [0.29, 0.717) is 17.7 Å². The first-order valence-corrected chi connectivity index (χ1v) is 10.9. The molecule has 1 unspecified atom stereocenters. The molecular formula is C18H33IN6OS. The van der Waals surface area contributed by atoms with Crippen LogP contribution in [0.2, 0.25) is 0 Å². The quantitative estimate of drug-likeness (QED) is 0.286. The Bertz CT molecular complexity index is 686. The lowest BCUT2D eigenvalue weighted by Gasteiger charge is -2.36. The van der Waals surface area contributed by atoms with Gasteiger partial charge in [0.2, 0.25) is 0 Å². The maximum absolute atomic E-state index is 12.4. The average molecular weight is 508 g/mol. The molecule has 7 nitrogen and oxygen atoms in total. The lowest BCUT2D eigenvalue weighted by atomic mass is 10.1. The molecule has 154 valence electrons. The van der Waals surface area contributed by atoms with Crippen LogP contribution < -0.4 is 11.0 Å². The zero-order chi connectivity index (χ0) is 18.5. The Morgan fingerprint density at radius 1 is 1.37 bits per heavy atom. The van der Waals surface area contributed by atoms with Gasteiger partial charge in [0.25, 0.3) is 0 Å². The van der Waals surface area contributed by atoms with Crippen LogP contribution >= 0.6 is 35.7 Å². The predicted molar refractivity (Wildman–Crippen MR) is 123 cm³/mol. The molecule has 1 saturated heterocycles. The zero-order valence-corrected chi connectivity index (χ0v) is 19.8. The van der Waals surface area contributed by atoms with Gasteiger partial charge in [0.15, 0.2) is 5.96 Å². The number of aliphatic imine (C=N–C) groups is 1. The summed E-state index contributed by atoms with van der Waals surface area (Å²) in [7, 11) is 1.85. The standard InChI is InChI=1S/C18H32N6OS.HI/c1-14(2)15-13-22(11-12-26-15)17(19-3)20-8-6-10-24-18(25)23-9-5-4-7-16(23)21-24;/h14-15H,4-13H2,1-3H3,(H,19,20);1H. The van der Waals surface area contributed by atoms with Gasteiger partial charge in [-0.25, -0.2) is 9.48 Å². The van der Waals surface area contributed by atoms with Gasteiger partial charge in [-0.3, -0.25) is 9.56 Å². The number of nitrogens with one attached hydrogen (secondary N) is 1. The van der Waals surface area contributed by atoms with Gasteiger partial charge in [-0.15, -0.1) is 24.0 Å². The molecule has 9 heteroatoms. The predicted octanol–water partition coefficient (Wildman–Crippen LogP) is 2.04. The first-order valence-electron chi connectivity index (χ1n) is 9.84. The second-order valence-corrected chi connectivity index (χ2v) is 8.80. The minimum Gasteiger partial charge on any atom is -0.356 e. The average Bonchev–Trinajstić information content (AvgIpc) is 2.98. The first-order chi connectivity index (χ1) is 12.6. The fourth-order valence-corrected chi connectivity index (χ4v) is 4.93. The van der Waals surface area contributed by atoms with Crippen LogP contribution in [-0.4, -0.2) is 62.9 Å². The fraction of sp³-hybridized carbons (Fsp3) is 0.833. The summed E-state index contributed by atoms with van der Waals surface area (Å²) in [5.74, 6) is 3.77. The summed E-state index contributed by atoms with van der Waals surface area (Å²) in [4.78, 5) is 19.2. The highest BCUT2D eigenvalue weighted by atomic mass is 127. The molecule has 1 atom stereocenters. The van der Waals surface area contributed by atoms with Crippen molar-refractivity contribution in [2.45, 2.75) is 57.9 Å². The smallest absolute Gasteiger partial charge is 0.345 e. The highest BCUT2D eigenvalue weighted by molar-refractivity contribution is 14.0. The number of thioether (sulfide) groups is 1. The molecular weight excluding hydrogens is 475 g/mol. The Kier molecular flexibility index (Phi) is 8.97. The largest absolute Gasteiger partial charge is 0.356 e. The van der Waals surface area contributed by atoms with Gasteiger partial charge in [-0.2, -0.15) is 16.9 Å². The molecule has 2 aliphatic heterocycles. The van der Waals surface area contributed by atoms with Crippen LogP contribution in [0.25, 0.3) is 0 Å². The SMILES string of the molecule is CN=C(NCCCn1nc2n(c1=O)CCCC2)N1CCSC(C(C)C)C1.I. The van der Waals surface area contributed by atoms with Gasteiger partial charge < -0.3 is 10.2 Å². The van der Waals surface area contributed by atoms with Crippen LogP contribution in [-0.2, 0) is 19.5 Å². The normalized spacial score (nSPS) is 20.4. The lowest BCUT2D eigenvalue weighted by molar-refractivity contribution is 0.379. The second kappa shape index (κ2) is 10.7. The van der Waals surface area contributed by atoms with Crippen molar-refractivity contribution in [3.05, 3.63) is 16.3 Å². The molecule has 0 spiro atoms. The Labute approximate surface area is 183 Å². The number of hydrogen-bond acceptors (Lipinski definition) is 4. The Balaban J connectivity index is 0.00000261. The minimum absolute atomic E-state index is 0. The maximum Gasteiger partial charge on any atom is 0.345 e. The van der Waals surface area contributed by atoms with E-state index < -0.39 is 0 Å². The molecule has 0 bridgehead atoms. The van der Waals surface area contributed by atoms with Gasteiger partial charge in [0.05, 0.1) is 0 Å². The van der Waals surface area contributed by atoms with Crippen LogP contribution in [0.5, 0.6) is 0 Å². The summed E-state index contributed by atoms with van der Waals surface area (Å²) >= 11 is 2.07. The first kappa shape index (κ1) is 22.6. The van der Waals surface area contributed by atoms with E-state index in [4.69, 9.17) is 0 Å². The zero-order valence-electron chi connectivity index (χ0n) is 16.7. The lowest BCUT2D eigenvalue weighted by Crippen LogP contribution is -2.49. The monoisotopic (exact) mass is 508 g/mol. The van der Waals surface area contributed by atoms with E-state index in [1.807, 2.05) is 11.6 Å². The van der Waals surface area contributed by atoms with E-state index in [-0.39, 0.29) is 29.7 Å². The van der Waals surface area contributed by atoms with Crippen molar-refractivity contribution in [1.82, 2.24) is 24.6 Å². The third-order valence-electron chi connectivity index (χ3n) is 5.21. The van der Waals surface area contributed by atoms with Crippen LogP contribution in [0.3, 0.4) is 0 Å². The highest BCUT2D eigenvalue weighted by Gasteiger charge is 2.24. The van der Waals surface area contributed by atoms with Gasteiger partial charge in [-0.1, -0.05) is 13.8 Å². The van der Waals surface area contributed by atoms with Gasteiger partial charge >= 0.3 is 5.69 Å². The number of rotatable bonds is 5. The molecule has 0 aromatic carbocycles. The number of guanidine groups is 1.